The molecule has 3 rings (SSSR count). The molecule has 5 nitrogen and oxygen atoms in total. The van der Waals surface area contributed by atoms with Crippen LogP contribution in [0.1, 0.15) is 22.8 Å². The van der Waals surface area contributed by atoms with Gasteiger partial charge in [0.15, 0.2) is 0 Å². The van der Waals surface area contributed by atoms with Crippen molar-refractivity contribution in [1.29, 1.82) is 0 Å². The van der Waals surface area contributed by atoms with E-state index >= 15 is 0 Å². The van der Waals surface area contributed by atoms with E-state index in [4.69, 9.17) is 16.3 Å². The number of halogens is 1. The van der Waals surface area contributed by atoms with Gasteiger partial charge in [-0.25, -0.2) is 0 Å². The van der Waals surface area contributed by atoms with Crippen LogP contribution in [0, 0.1) is 6.92 Å². The molecule has 0 bridgehead atoms. The van der Waals surface area contributed by atoms with E-state index in [1.54, 1.807) is 30.5 Å². The molecule has 3 aromatic rings. The maximum absolute atomic E-state index is 12.9. The van der Waals surface area contributed by atoms with Gasteiger partial charge in [0.25, 0.3) is 5.91 Å². The molecule has 0 saturated heterocycles. The molecule has 0 aliphatic rings. The van der Waals surface area contributed by atoms with Crippen LogP contribution in [-0.2, 0) is 6.54 Å². The van der Waals surface area contributed by atoms with Crippen LogP contribution in [0.25, 0.3) is 10.9 Å². The van der Waals surface area contributed by atoms with Crippen LogP contribution in [0.5, 0.6) is 5.75 Å². The van der Waals surface area contributed by atoms with Crippen LogP contribution in [0.2, 0.25) is 5.02 Å². The zero-order valence-corrected chi connectivity index (χ0v) is 15.6. The van der Waals surface area contributed by atoms with Gasteiger partial charge in [-0.2, -0.15) is 0 Å². The second kappa shape index (κ2) is 7.22. The summed E-state index contributed by atoms with van der Waals surface area (Å²) in [6, 6.07) is 10.5. The average Bonchev–Trinajstić information content (AvgIpc) is 2.64. The number of rotatable bonds is 4. The molecule has 0 aliphatic heterocycles. The Kier molecular flexibility index (Phi) is 5.00. The summed E-state index contributed by atoms with van der Waals surface area (Å²) in [5.74, 6) is 0.0990. The lowest BCUT2D eigenvalue weighted by Crippen LogP contribution is -2.24. The third-order valence-corrected chi connectivity index (χ3v) is 4.71. The summed E-state index contributed by atoms with van der Waals surface area (Å²) in [5.41, 5.74) is 1.95. The summed E-state index contributed by atoms with van der Waals surface area (Å²) >= 11 is 6.10. The minimum atomic E-state index is -0.471. The Bertz CT molecular complexity index is 1060. The molecular formula is C20H19ClN2O3. The number of methoxy groups -OCH3 is 1. The SMILES string of the molecule is CCn1cc(C(=O)Nc2ccc(C)c(Cl)c2)c(=O)c2cc(OC)ccc21. The first-order chi connectivity index (χ1) is 12.4. The van der Waals surface area contributed by atoms with Crippen LogP contribution in [0.15, 0.2) is 47.4 Å². The molecule has 134 valence electrons. The number of nitrogens with one attached hydrogen (secondary N) is 1. The third-order valence-electron chi connectivity index (χ3n) is 4.30. The van der Waals surface area contributed by atoms with Gasteiger partial charge in [0.1, 0.15) is 11.3 Å². The lowest BCUT2D eigenvalue weighted by molar-refractivity contribution is 0.102. The second-order valence-corrected chi connectivity index (χ2v) is 6.37. The molecule has 1 heterocycles. The summed E-state index contributed by atoms with van der Waals surface area (Å²) < 4.78 is 7.08. The van der Waals surface area contributed by atoms with E-state index in [-0.39, 0.29) is 11.0 Å². The van der Waals surface area contributed by atoms with Crippen LogP contribution in [0.4, 0.5) is 5.69 Å². The topological polar surface area (TPSA) is 60.3 Å². The monoisotopic (exact) mass is 370 g/mol. The van der Waals surface area contributed by atoms with Crippen molar-refractivity contribution in [1.82, 2.24) is 4.57 Å². The summed E-state index contributed by atoms with van der Waals surface area (Å²) in [5, 5.41) is 3.74. The lowest BCUT2D eigenvalue weighted by Gasteiger charge is -2.13. The number of hydrogen-bond donors (Lipinski definition) is 1. The molecule has 0 aliphatic carbocycles. The molecule has 0 atom stereocenters. The highest BCUT2D eigenvalue weighted by atomic mass is 35.5. The Morgan fingerprint density at radius 2 is 2.00 bits per heavy atom. The quantitative estimate of drug-likeness (QED) is 0.747. The van der Waals surface area contributed by atoms with E-state index in [2.05, 4.69) is 5.32 Å². The van der Waals surface area contributed by atoms with Crippen molar-refractivity contribution in [3.8, 4) is 5.75 Å². The van der Waals surface area contributed by atoms with Crippen LogP contribution in [0.3, 0.4) is 0 Å². The Labute approximate surface area is 156 Å². The van der Waals surface area contributed by atoms with Gasteiger partial charge in [0, 0.05) is 23.5 Å². The molecule has 0 unspecified atom stereocenters. The van der Waals surface area contributed by atoms with E-state index < -0.39 is 5.91 Å². The van der Waals surface area contributed by atoms with Crippen molar-refractivity contribution in [2.24, 2.45) is 0 Å². The van der Waals surface area contributed by atoms with Gasteiger partial charge in [-0.3, -0.25) is 9.59 Å². The van der Waals surface area contributed by atoms with Crippen molar-refractivity contribution in [2.75, 3.05) is 12.4 Å². The number of hydrogen-bond acceptors (Lipinski definition) is 3. The minimum absolute atomic E-state index is 0.0734. The fourth-order valence-electron chi connectivity index (χ4n) is 2.80. The van der Waals surface area contributed by atoms with Crippen molar-refractivity contribution in [3.63, 3.8) is 0 Å². The lowest BCUT2D eigenvalue weighted by atomic mass is 10.1. The Hall–Kier alpha value is -2.79. The van der Waals surface area contributed by atoms with Crippen LogP contribution >= 0.6 is 11.6 Å². The summed E-state index contributed by atoms with van der Waals surface area (Å²) in [6.45, 7) is 4.46. The van der Waals surface area contributed by atoms with E-state index in [1.807, 2.05) is 30.5 Å². The minimum Gasteiger partial charge on any atom is -0.497 e. The molecule has 0 spiro atoms. The van der Waals surface area contributed by atoms with Gasteiger partial charge < -0.3 is 14.6 Å². The predicted molar refractivity (Wildman–Crippen MR) is 105 cm³/mol. The summed E-state index contributed by atoms with van der Waals surface area (Å²) in [6.07, 6.45) is 1.59. The van der Waals surface area contributed by atoms with Gasteiger partial charge in [0.05, 0.1) is 18.0 Å². The molecule has 2 aromatic carbocycles. The standard InChI is InChI=1S/C20H19ClN2O3/c1-4-23-11-16(19(24)15-10-14(26-3)7-8-18(15)23)20(25)22-13-6-5-12(2)17(21)9-13/h5-11H,4H2,1-3H3,(H,22,25). The largest absolute Gasteiger partial charge is 0.497 e. The van der Waals surface area contributed by atoms with Crippen molar-refractivity contribution in [2.45, 2.75) is 20.4 Å². The van der Waals surface area contributed by atoms with Gasteiger partial charge in [0.2, 0.25) is 5.43 Å². The number of carbonyl (C=O) groups excluding carboxylic acids is 1. The maximum atomic E-state index is 12.9. The van der Waals surface area contributed by atoms with E-state index in [0.29, 0.717) is 28.4 Å². The van der Waals surface area contributed by atoms with Crippen LogP contribution in [-0.4, -0.2) is 17.6 Å². The number of pyridine rings is 1. The van der Waals surface area contributed by atoms with Crippen molar-refractivity contribution in [3.05, 3.63) is 69.0 Å². The molecule has 1 N–H and O–H groups in total. The molecule has 26 heavy (non-hydrogen) atoms. The number of amides is 1. The normalized spacial score (nSPS) is 10.8. The number of aryl methyl sites for hydroxylation is 2. The van der Waals surface area contributed by atoms with E-state index in [1.165, 1.54) is 7.11 Å². The molecule has 0 radical (unpaired) electrons. The molecular weight excluding hydrogens is 352 g/mol. The molecule has 0 fully saturated rings. The Morgan fingerprint density at radius 1 is 1.23 bits per heavy atom. The second-order valence-electron chi connectivity index (χ2n) is 5.96. The summed E-state index contributed by atoms with van der Waals surface area (Å²) in [4.78, 5) is 25.6. The maximum Gasteiger partial charge on any atom is 0.261 e. The number of carbonyl (C=O) groups is 1. The third kappa shape index (κ3) is 3.30. The number of fused-ring (bicyclic) bond motifs is 1. The zero-order chi connectivity index (χ0) is 18.8. The fraction of sp³-hybridized carbons (Fsp3) is 0.200. The number of benzene rings is 2. The number of anilines is 1. The number of ether oxygens (including phenoxy) is 1. The first-order valence-electron chi connectivity index (χ1n) is 8.23. The number of nitrogens with zero attached hydrogens (tertiary/aromatic N) is 1. The number of aromatic nitrogens is 1. The smallest absolute Gasteiger partial charge is 0.261 e. The fourth-order valence-corrected chi connectivity index (χ4v) is 2.98. The van der Waals surface area contributed by atoms with Gasteiger partial charge >= 0.3 is 0 Å². The van der Waals surface area contributed by atoms with E-state index in [0.717, 1.165) is 11.1 Å². The van der Waals surface area contributed by atoms with Gasteiger partial charge in [-0.1, -0.05) is 17.7 Å². The highest BCUT2D eigenvalue weighted by Crippen LogP contribution is 2.22. The van der Waals surface area contributed by atoms with Crippen molar-refractivity contribution >= 4 is 34.1 Å². The zero-order valence-electron chi connectivity index (χ0n) is 14.8. The summed E-state index contributed by atoms with van der Waals surface area (Å²) in [7, 11) is 1.54. The first kappa shape index (κ1) is 18.0. The van der Waals surface area contributed by atoms with Gasteiger partial charge in [-0.15, -0.1) is 0 Å². The highest BCUT2D eigenvalue weighted by molar-refractivity contribution is 6.31. The molecule has 6 heteroatoms. The average molecular weight is 371 g/mol. The first-order valence-corrected chi connectivity index (χ1v) is 8.61. The van der Waals surface area contributed by atoms with Crippen molar-refractivity contribution < 1.29 is 9.53 Å². The Morgan fingerprint density at radius 3 is 2.65 bits per heavy atom. The van der Waals surface area contributed by atoms with Gasteiger partial charge in [-0.05, 0) is 49.7 Å². The van der Waals surface area contributed by atoms with E-state index in [9.17, 15) is 9.59 Å². The highest BCUT2D eigenvalue weighted by Gasteiger charge is 2.16. The molecule has 1 amide bonds. The molecule has 1 aromatic heterocycles. The Balaban J connectivity index is 2.08. The molecule has 0 saturated carbocycles. The van der Waals surface area contributed by atoms with Crippen LogP contribution < -0.4 is 15.5 Å². The predicted octanol–water partition coefficient (Wildman–Crippen LogP) is 4.24.